The van der Waals surface area contributed by atoms with Crippen molar-refractivity contribution in [1.29, 1.82) is 0 Å². The maximum Gasteiger partial charge on any atom is 0.288 e. The van der Waals surface area contributed by atoms with Crippen molar-refractivity contribution in [1.82, 2.24) is 25.3 Å². The smallest absolute Gasteiger partial charge is 0.288 e. The summed E-state index contributed by atoms with van der Waals surface area (Å²) in [6.45, 7) is 7.15. The number of rotatable bonds is 8. The predicted molar refractivity (Wildman–Crippen MR) is 202 cm³/mol. The van der Waals surface area contributed by atoms with Gasteiger partial charge in [-0.3, -0.25) is 4.79 Å². The average Bonchev–Trinajstić information content (AvgIpc) is 3.95. The number of hydrogen-bond donors (Lipinski definition) is 2. The number of aryl methyl sites for hydroxylation is 4. The molecule has 54 heavy (non-hydrogen) atoms. The van der Waals surface area contributed by atoms with Gasteiger partial charge < -0.3 is 19.0 Å². The van der Waals surface area contributed by atoms with Crippen molar-refractivity contribution in [2.24, 2.45) is 11.8 Å². The Morgan fingerprint density at radius 1 is 0.759 bits per heavy atom. The second-order valence-corrected chi connectivity index (χ2v) is 18.5. The van der Waals surface area contributed by atoms with E-state index in [9.17, 15) is 26.5 Å². The van der Waals surface area contributed by atoms with E-state index >= 15 is 0 Å². The van der Waals surface area contributed by atoms with Gasteiger partial charge >= 0.3 is 0 Å². The first-order valence-corrected chi connectivity index (χ1v) is 21.4. The van der Waals surface area contributed by atoms with E-state index in [1.54, 1.807) is 52.0 Å². The molecule has 2 N–H and O–H groups in total. The highest BCUT2D eigenvalue weighted by Gasteiger charge is 2.30. The first kappa shape index (κ1) is 37.4. The molecule has 0 unspecified atom stereocenters. The molecule has 16 heteroatoms. The molecule has 0 spiro atoms. The highest BCUT2D eigenvalue weighted by atomic mass is 32.2. The standard InChI is InChI=1S/C19H21N3O4S.C19H22N3O4S/c1-11-18(12(2)26-22-11)14-7-15-19(20-9-17(23)21-15)16(8-14)27(24,25)10-13-5-3-4-6-13;1-12-18(13(2)26-21-12)15-9-16-19(20-7-8-22(16)23)17(10-15)27(24,25)11-14-5-3-4-6-14/h7-9,13H,3-6,10H2,1-2H3,(H,21,23);7-10,14H,3-6,11H2,1-2H3,(H,20,23)/q;+1. The van der Waals surface area contributed by atoms with Gasteiger partial charge in [-0.25, -0.2) is 21.8 Å². The second kappa shape index (κ2) is 14.7. The van der Waals surface area contributed by atoms with Gasteiger partial charge in [0.15, 0.2) is 19.7 Å². The minimum absolute atomic E-state index is 0.105. The largest absolute Gasteiger partial charge is 0.361 e. The molecule has 14 nitrogen and oxygen atoms in total. The zero-order valence-electron chi connectivity index (χ0n) is 30.6. The van der Waals surface area contributed by atoms with E-state index in [1.165, 1.54) is 12.4 Å². The lowest BCUT2D eigenvalue weighted by atomic mass is 10.0. The van der Waals surface area contributed by atoms with Gasteiger partial charge in [0.2, 0.25) is 6.20 Å². The first-order valence-electron chi connectivity index (χ1n) is 18.1. The highest BCUT2D eigenvalue weighted by Crippen LogP contribution is 2.36. The summed E-state index contributed by atoms with van der Waals surface area (Å²) in [5.41, 5.74) is 4.96. The summed E-state index contributed by atoms with van der Waals surface area (Å²) < 4.78 is 64.0. The van der Waals surface area contributed by atoms with E-state index in [4.69, 9.17) is 9.05 Å². The zero-order chi connectivity index (χ0) is 38.4. The number of aromatic amines is 2. The van der Waals surface area contributed by atoms with Crippen molar-refractivity contribution < 1.29 is 30.3 Å². The molecule has 0 amide bonds. The molecule has 0 aliphatic heterocycles. The van der Waals surface area contributed by atoms with Crippen molar-refractivity contribution in [3.05, 3.63) is 81.0 Å². The third kappa shape index (κ3) is 7.40. The SMILES string of the molecule is Cc1noc(C)c1-c1cc(S(=O)(=O)CC2CCCC2)c2[nH]cc[n+](=O)c2c1.Cc1noc(C)c1-c1cc(S(=O)(=O)CC2CCCC2)c2ncc(=O)[nH]c2c1. The van der Waals surface area contributed by atoms with Crippen LogP contribution in [0.15, 0.2) is 66.5 Å². The highest BCUT2D eigenvalue weighted by molar-refractivity contribution is 7.92. The van der Waals surface area contributed by atoms with Gasteiger partial charge in [-0.05, 0) is 94.5 Å². The van der Waals surface area contributed by atoms with Gasteiger partial charge in [0.25, 0.3) is 11.1 Å². The quantitative estimate of drug-likeness (QED) is 0.160. The number of sulfone groups is 2. The Morgan fingerprint density at radius 3 is 1.81 bits per heavy atom. The lowest BCUT2D eigenvalue weighted by Gasteiger charge is -2.13. The van der Waals surface area contributed by atoms with E-state index < -0.39 is 19.7 Å². The maximum absolute atomic E-state index is 13.2. The van der Waals surface area contributed by atoms with Gasteiger partial charge in [-0.2, -0.15) is 0 Å². The van der Waals surface area contributed by atoms with E-state index in [1.807, 2.05) is 0 Å². The van der Waals surface area contributed by atoms with Crippen LogP contribution in [-0.4, -0.2) is 53.6 Å². The van der Waals surface area contributed by atoms with Gasteiger partial charge in [-0.15, -0.1) is 0 Å². The summed E-state index contributed by atoms with van der Waals surface area (Å²) in [6.07, 6.45) is 11.9. The summed E-state index contributed by atoms with van der Waals surface area (Å²) >= 11 is 0. The van der Waals surface area contributed by atoms with Crippen LogP contribution in [0.3, 0.4) is 0 Å². The van der Waals surface area contributed by atoms with Gasteiger partial charge in [0, 0.05) is 22.1 Å². The third-order valence-corrected chi connectivity index (χ3v) is 14.4. The van der Waals surface area contributed by atoms with Crippen LogP contribution in [0.2, 0.25) is 0 Å². The van der Waals surface area contributed by atoms with Crippen LogP contribution in [0.1, 0.15) is 74.3 Å². The molecule has 2 saturated carbocycles. The van der Waals surface area contributed by atoms with E-state index in [-0.39, 0.29) is 44.2 Å². The van der Waals surface area contributed by atoms with E-state index in [2.05, 4.69) is 25.3 Å². The number of nitrogens with one attached hydrogen (secondary N) is 2. The molecule has 4 aromatic heterocycles. The predicted octanol–water partition coefficient (Wildman–Crippen LogP) is 6.48. The van der Waals surface area contributed by atoms with Crippen molar-refractivity contribution in [2.45, 2.75) is 88.9 Å². The monoisotopic (exact) mass is 775 g/mol. The van der Waals surface area contributed by atoms with Crippen LogP contribution in [0.25, 0.3) is 44.3 Å². The normalized spacial score (nSPS) is 15.6. The molecule has 0 bridgehead atoms. The van der Waals surface area contributed by atoms with Crippen LogP contribution in [-0.2, 0) is 19.7 Å². The van der Waals surface area contributed by atoms with E-state index in [0.717, 1.165) is 68.7 Å². The van der Waals surface area contributed by atoms with Crippen LogP contribution < -0.4 is 9.99 Å². The van der Waals surface area contributed by atoms with Crippen LogP contribution in [0.5, 0.6) is 0 Å². The molecule has 2 fully saturated rings. The molecule has 0 radical (unpaired) electrons. The molecule has 2 aromatic carbocycles. The minimum atomic E-state index is -3.56. The lowest BCUT2D eigenvalue weighted by Crippen LogP contribution is -2.19. The van der Waals surface area contributed by atoms with Crippen molar-refractivity contribution in [3.8, 4) is 22.3 Å². The summed E-state index contributed by atoms with van der Waals surface area (Å²) in [6, 6.07) is 6.67. The minimum Gasteiger partial charge on any atom is -0.361 e. The van der Waals surface area contributed by atoms with E-state index in [0.29, 0.717) is 55.0 Å². The average molecular weight is 776 g/mol. The van der Waals surface area contributed by atoms with Crippen LogP contribution in [0, 0.1) is 44.4 Å². The van der Waals surface area contributed by atoms with Gasteiger partial charge in [-0.1, -0.05) is 36.0 Å². The zero-order valence-corrected chi connectivity index (χ0v) is 32.3. The number of hydrogen-bond acceptors (Lipinski definition) is 11. The maximum atomic E-state index is 13.2. The molecule has 2 aliphatic rings. The van der Waals surface area contributed by atoms with Crippen LogP contribution >= 0.6 is 0 Å². The Kier molecular flexibility index (Phi) is 10.2. The van der Waals surface area contributed by atoms with Crippen LogP contribution in [0.4, 0.5) is 0 Å². The number of aromatic nitrogens is 6. The summed E-state index contributed by atoms with van der Waals surface area (Å²) in [5.74, 6) is 1.75. The Labute approximate surface area is 311 Å². The number of benzene rings is 2. The number of nitrogens with zero attached hydrogens (tertiary/aromatic N) is 4. The summed E-state index contributed by atoms with van der Waals surface area (Å²) in [4.78, 5) is 34.2. The summed E-state index contributed by atoms with van der Waals surface area (Å²) in [7, 11) is -7.12. The number of H-pyrrole nitrogens is 2. The topological polar surface area (TPSA) is 205 Å². The Hall–Kier alpha value is -4.96. The van der Waals surface area contributed by atoms with Crippen molar-refractivity contribution in [2.75, 3.05) is 11.5 Å². The Morgan fingerprint density at radius 2 is 1.28 bits per heavy atom. The Balaban J connectivity index is 0.000000167. The fraction of sp³-hybridized carbons (Fsp3) is 0.421. The Bertz CT molecular complexity index is 2680. The molecule has 6 aromatic rings. The van der Waals surface area contributed by atoms with Crippen molar-refractivity contribution in [3.63, 3.8) is 0 Å². The van der Waals surface area contributed by atoms with Crippen molar-refractivity contribution >= 4 is 41.7 Å². The molecule has 2 aliphatic carbocycles. The molecule has 4 heterocycles. The fourth-order valence-corrected chi connectivity index (χ4v) is 11.8. The molecule has 284 valence electrons. The molecular weight excluding hydrogens is 733 g/mol. The second-order valence-electron chi connectivity index (χ2n) is 14.5. The fourth-order valence-electron chi connectivity index (χ4n) is 8.03. The summed E-state index contributed by atoms with van der Waals surface area (Å²) in [5, 5.41) is 7.91. The lowest BCUT2D eigenvalue weighted by molar-refractivity contribution is -0.464. The molecular formula is C38H43N6O8S2+. The first-order chi connectivity index (χ1) is 25.7. The third-order valence-electron chi connectivity index (χ3n) is 10.6. The molecule has 0 atom stereocenters. The number of fused-ring (bicyclic) bond motifs is 2. The van der Waals surface area contributed by atoms with Gasteiger partial charge in [0.1, 0.15) is 22.6 Å². The molecule has 0 saturated heterocycles. The molecule has 8 rings (SSSR count). The van der Waals surface area contributed by atoms with Gasteiger partial charge in [0.05, 0.1) is 55.0 Å².